The Bertz CT molecular complexity index is 643. The van der Waals surface area contributed by atoms with Gasteiger partial charge in [0.05, 0.1) is 0 Å². The van der Waals surface area contributed by atoms with Crippen molar-refractivity contribution < 1.29 is 4.79 Å². The molecule has 3 rings (SSSR count). The molecule has 1 N–H and O–H groups in total. The number of carbonyl (C=O) groups is 1. The summed E-state index contributed by atoms with van der Waals surface area (Å²) in [7, 11) is 0. The van der Waals surface area contributed by atoms with Crippen molar-refractivity contribution in [2.75, 3.05) is 19.6 Å². The number of nitrogens with zero attached hydrogens (tertiary/aromatic N) is 1. The molecule has 0 spiro atoms. The maximum atomic E-state index is 12.3. The largest absolute Gasteiger partial charge is 0.352 e. The molecular formula is C22H28N2O. The molecule has 1 aliphatic rings. The number of hydrogen-bond donors (Lipinski definition) is 1. The monoisotopic (exact) mass is 336 g/mol. The Morgan fingerprint density at radius 2 is 1.52 bits per heavy atom. The average molecular weight is 336 g/mol. The molecule has 0 aliphatic carbocycles. The van der Waals surface area contributed by atoms with Crippen molar-refractivity contribution >= 4 is 5.91 Å². The second-order valence-electron chi connectivity index (χ2n) is 6.88. The van der Waals surface area contributed by atoms with Crippen molar-refractivity contribution in [1.29, 1.82) is 0 Å². The van der Waals surface area contributed by atoms with Gasteiger partial charge in [-0.3, -0.25) is 9.69 Å². The molecule has 0 saturated carbocycles. The molecule has 0 aromatic heterocycles. The van der Waals surface area contributed by atoms with Crippen LogP contribution in [0.5, 0.6) is 0 Å². The summed E-state index contributed by atoms with van der Waals surface area (Å²) in [5.41, 5.74) is 3.28. The Hall–Kier alpha value is -2.13. The lowest BCUT2D eigenvalue weighted by molar-refractivity contribution is 0.0954. The van der Waals surface area contributed by atoms with Crippen LogP contribution in [-0.4, -0.2) is 30.4 Å². The van der Waals surface area contributed by atoms with Crippen LogP contribution in [0.1, 0.15) is 47.2 Å². The van der Waals surface area contributed by atoms with E-state index in [-0.39, 0.29) is 5.91 Å². The van der Waals surface area contributed by atoms with Gasteiger partial charge in [0.2, 0.25) is 0 Å². The molecule has 1 aliphatic heterocycles. The Balaban J connectivity index is 1.46. The summed E-state index contributed by atoms with van der Waals surface area (Å²) in [6.07, 6.45) is 6.20. The summed E-state index contributed by atoms with van der Waals surface area (Å²) in [5.74, 6) is 0.0113. The standard InChI is InChI=1S/C22H28N2O/c25-22(23-15-14-19-8-4-3-5-9-19)21-12-10-20(11-13-21)18-24-16-6-1-2-7-17-24/h3-5,8-13H,1-2,6-7,14-18H2,(H,23,25). The number of amides is 1. The summed E-state index contributed by atoms with van der Waals surface area (Å²) in [6.45, 7) is 4.05. The fourth-order valence-corrected chi connectivity index (χ4v) is 3.38. The molecule has 25 heavy (non-hydrogen) atoms. The van der Waals surface area contributed by atoms with Gasteiger partial charge < -0.3 is 5.32 Å². The molecule has 0 atom stereocenters. The minimum Gasteiger partial charge on any atom is -0.352 e. The van der Waals surface area contributed by atoms with Crippen molar-refractivity contribution in [3.63, 3.8) is 0 Å². The molecule has 0 bridgehead atoms. The predicted molar refractivity (Wildman–Crippen MR) is 103 cm³/mol. The van der Waals surface area contributed by atoms with E-state index in [1.807, 2.05) is 30.3 Å². The molecule has 2 aromatic carbocycles. The van der Waals surface area contributed by atoms with Crippen LogP contribution in [0.3, 0.4) is 0 Å². The fraction of sp³-hybridized carbons (Fsp3) is 0.409. The van der Waals surface area contributed by atoms with Crippen LogP contribution < -0.4 is 5.32 Å². The van der Waals surface area contributed by atoms with Gasteiger partial charge in [-0.2, -0.15) is 0 Å². The zero-order valence-corrected chi connectivity index (χ0v) is 14.9. The van der Waals surface area contributed by atoms with Gasteiger partial charge in [-0.1, -0.05) is 55.3 Å². The summed E-state index contributed by atoms with van der Waals surface area (Å²) >= 11 is 0. The first-order valence-corrected chi connectivity index (χ1v) is 9.45. The van der Waals surface area contributed by atoms with Crippen molar-refractivity contribution in [1.82, 2.24) is 10.2 Å². The minimum atomic E-state index is 0.0113. The highest BCUT2D eigenvalue weighted by Crippen LogP contribution is 2.14. The number of carbonyl (C=O) groups excluding carboxylic acids is 1. The van der Waals surface area contributed by atoms with E-state index >= 15 is 0 Å². The summed E-state index contributed by atoms with van der Waals surface area (Å²) < 4.78 is 0. The van der Waals surface area contributed by atoms with E-state index in [4.69, 9.17) is 0 Å². The molecule has 1 saturated heterocycles. The maximum Gasteiger partial charge on any atom is 0.251 e. The summed E-state index contributed by atoms with van der Waals surface area (Å²) in [5, 5.41) is 3.01. The lowest BCUT2D eigenvalue weighted by Gasteiger charge is -2.19. The normalized spacial score (nSPS) is 15.5. The smallest absolute Gasteiger partial charge is 0.251 e. The summed E-state index contributed by atoms with van der Waals surface area (Å²) in [6, 6.07) is 18.3. The first-order chi connectivity index (χ1) is 12.3. The van der Waals surface area contributed by atoms with Crippen molar-refractivity contribution in [3.8, 4) is 0 Å². The maximum absolute atomic E-state index is 12.3. The lowest BCUT2D eigenvalue weighted by Crippen LogP contribution is -2.26. The van der Waals surface area contributed by atoms with Crippen LogP contribution in [0.25, 0.3) is 0 Å². The van der Waals surface area contributed by atoms with Gasteiger partial charge in [0.1, 0.15) is 0 Å². The SMILES string of the molecule is O=C(NCCc1ccccc1)c1ccc(CN2CCCCCC2)cc1. The van der Waals surface area contributed by atoms with Crippen molar-refractivity contribution in [2.24, 2.45) is 0 Å². The number of rotatable bonds is 6. The zero-order chi connectivity index (χ0) is 17.3. The third-order valence-electron chi connectivity index (χ3n) is 4.86. The molecule has 2 aromatic rings. The van der Waals surface area contributed by atoms with Crippen LogP contribution in [-0.2, 0) is 13.0 Å². The molecule has 1 heterocycles. The molecule has 3 nitrogen and oxygen atoms in total. The van der Waals surface area contributed by atoms with Crippen LogP contribution in [0, 0.1) is 0 Å². The highest BCUT2D eigenvalue weighted by molar-refractivity contribution is 5.94. The topological polar surface area (TPSA) is 32.3 Å². The van der Waals surface area contributed by atoms with E-state index in [0.717, 1.165) is 18.5 Å². The van der Waals surface area contributed by atoms with Crippen LogP contribution in [0.2, 0.25) is 0 Å². The van der Waals surface area contributed by atoms with Crippen LogP contribution in [0.15, 0.2) is 54.6 Å². The van der Waals surface area contributed by atoms with E-state index in [1.54, 1.807) is 0 Å². The van der Waals surface area contributed by atoms with E-state index in [9.17, 15) is 4.79 Å². The number of benzene rings is 2. The third-order valence-corrected chi connectivity index (χ3v) is 4.86. The van der Waals surface area contributed by atoms with Crippen LogP contribution in [0.4, 0.5) is 0 Å². The number of nitrogens with one attached hydrogen (secondary N) is 1. The first kappa shape index (κ1) is 17.7. The minimum absolute atomic E-state index is 0.0113. The van der Waals surface area contributed by atoms with E-state index in [2.05, 4.69) is 34.5 Å². The quantitative estimate of drug-likeness (QED) is 0.863. The van der Waals surface area contributed by atoms with E-state index in [1.165, 1.54) is 49.9 Å². The Morgan fingerprint density at radius 3 is 2.20 bits per heavy atom. The fourth-order valence-electron chi connectivity index (χ4n) is 3.38. The first-order valence-electron chi connectivity index (χ1n) is 9.45. The van der Waals surface area contributed by atoms with Crippen molar-refractivity contribution in [3.05, 3.63) is 71.3 Å². The average Bonchev–Trinajstić information content (AvgIpc) is 2.92. The second kappa shape index (κ2) is 9.38. The lowest BCUT2D eigenvalue weighted by atomic mass is 10.1. The second-order valence-corrected chi connectivity index (χ2v) is 6.88. The van der Waals surface area contributed by atoms with Gasteiger partial charge in [0, 0.05) is 18.7 Å². The molecule has 0 radical (unpaired) electrons. The highest BCUT2D eigenvalue weighted by atomic mass is 16.1. The molecule has 0 unspecified atom stereocenters. The molecule has 3 heteroatoms. The van der Waals surface area contributed by atoms with E-state index in [0.29, 0.717) is 6.54 Å². The Labute approximate surface area is 151 Å². The molecule has 132 valence electrons. The van der Waals surface area contributed by atoms with Gasteiger partial charge in [0.25, 0.3) is 5.91 Å². The zero-order valence-electron chi connectivity index (χ0n) is 14.9. The number of likely N-dealkylation sites (tertiary alicyclic amines) is 1. The van der Waals surface area contributed by atoms with Crippen molar-refractivity contribution in [2.45, 2.75) is 38.6 Å². The van der Waals surface area contributed by atoms with E-state index < -0.39 is 0 Å². The summed E-state index contributed by atoms with van der Waals surface area (Å²) in [4.78, 5) is 14.8. The third kappa shape index (κ3) is 5.71. The Morgan fingerprint density at radius 1 is 0.840 bits per heavy atom. The number of hydrogen-bond acceptors (Lipinski definition) is 2. The predicted octanol–water partition coefficient (Wildman–Crippen LogP) is 4.04. The Kier molecular flexibility index (Phi) is 6.63. The molecule has 1 fully saturated rings. The van der Waals surface area contributed by atoms with Gasteiger partial charge in [-0.05, 0) is 55.6 Å². The van der Waals surface area contributed by atoms with Gasteiger partial charge in [-0.15, -0.1) is 0 Å². The molecule has 1 amide bonds. The van der Waals surface area contributed by atoms with Gasteiger partial charge in [-0.25, -0.2) is 0 Å². The van der Waals surface area contributed by atoms with Crippen LogP contribution >= 0.6 is 0 Å². The van der Waals surface area contributed by atoms with Gasteiger partial charge in [0.15, 0.2) is 0 Å². The molecular weight excluding hydrogens is 308 g/mol. The highest BCUT2D eigenvalue weighted by Gasteiger charge is 2.10. The van der Waals surface area contributed by atoms with Gasteiger partial charge >= 0.3 is 0 Å².